The number of aromatic hydroxyl groups is 2. The Bertz CT molecular complexity index is 795. The van der Waals surface area contributed by atoms with E-state index in [1.165, 1.54) is 37.1 Å². The molecule has 0 atom stereocenters. The number of benzene rings is 1. The molecular formula is C15H14FN3O4. The first-order valence-corrected chi connectivity index (χ1v) is 6.48. The summed E-state index contributed by atoms with van der Waals surface area (Å²) in [5, 5.41) is 20.2. The SMILES string of the molecule is [C-]#[N+]c1cc(CN(OC)C(=O)c2cn(C)c(O)c2O)ccc1F. The highest BCUT2D eigenvalue weighted by atomic mass is 19.1. The molecule has 8 heteroatoms. The molecule has 0 saturated heterocycles. The lowest BCUT2D eigenvalue weighted by Gasteiger charge is -2.19. The highest BCUT2D eigenvalue weighted by Crippen LogP contribution is 2.31. The van der Waals surface area contributed by atoms with Gasteiger partial charge in [0.15, 0.2) is 5.75 Å². The zero-order valence-corrected chi connectivity index (χ0v) is 12.4. The zero-order valence-electron chi connectivity index (χ0n) is 12.4. The second-order valence-electron chi connectivity index (χ2n) is 4.75. The molecule has 0 unspecified atom stereocenters. The molecule has 7 nitrogen and oxygen atoms in total. The predicted octanol–water partition coefficient (Wildman–Crippen LogP) is 2.33. The van der Waals surface area contributed by atoms with E-state index in [1.54, 1.807) is 0 Å². The van der Waals surface area contributed by atoms with Crippen molar-refractivity contribution in [1.29, 1.82) is 0 Å². The lowest BCUT2D eigenvalue weighted by Crippen LogP contribution is -2.29. The number of aromatic nitrogens is 1. The second kappa shape index (κ2) is 6.37. The van der Waals surface area contributed by atoms with Crippen molar-refractivity contribution in [3.8, 4) is 11.6 Å². The van der Waals surface area contributed by atoms with Crippen LogP contribution in [0.3, 0.4) is 0 Å². The fourth-order valence-corrected chi connectivity index (χ4v) is 2.02. The molecule has 1 aromatic heterocycles. The zero-order chi connectivity index (χ0) is 17.1. The van der Waals surface area contributed by atoms with E-state index in [1.807, 2.05) is 0 Å². The summed E-state index contributed by atoms with van der Waals surface area (Å²) >= 11 is 0. The van der Waals surface area contributed by atoms with Gasteiger partial charge in [0.05, 0.1) is 20.2 Å². The summed E-state index contributed by atoms with van der Waals surface area (Å²) in [5.74, 6) is -2.33. The van der Waals surface area contributed by atoms with Crippen LogP contribution in [0.1, 0.15) is 15.9 Å². The lowest BCUT2D eigenvalue weighted by molar-refractivity contribution is -0.102. The lowest BCUT2D eigenvalue weighted by atomic mass is 10.2. The van der Waals surface area contributed by atoms with Crippen LogP contribution in [-0.2, 0) is 18.4 Å². The Balaban J connectivity index is 2.28. The highest BCUT2D eigenvalue weighted by Gasteiger charge is 2.24. The van der Waals surface area contributed by atoms with Gasteiger partial charge in [0.1, 0.15) is 11.4 Å². The van der Waals surface area contributed by atoms with E-state index in [-0.39, 0.29) is 17.8 Å². The van der Waals surface area contributed by atoms with Gasteiger partial charge in [-0.15, -0.1) is 0 Å². The van der Waals surface area contributed by atoms with Gasteiger partial charge in [0.2, 0.25) is 11.6 Å². The maximum Gasteiger partial charge on any atom is 0.283 e. The van der Waals surface area contributed by atoms with Crippen LogP contribution in [0.5, 0.6) is 11.6 Å². The van der Waals surface area contributed by atoms with Crippen molar-refractivity contribution in [3.63, 3.8) is 0 Å². The van der Waals surface area contributed by atoms with E-state index < -0.39 is 23.4 Å². The van der Waals surface area contributed by atoms with Crippen LogP contribution in [0.15, 0.2) is 24.4 Å². The maximum atomic E-state index is 13.3. The number of nitrogens with zero attached hydrogens (tertiary/aromatic N) is 3. The van der Waals surface area contributed by atoms with E-state index in [4.69, 9.17) is 11.4 Å². The summed E-state index contributed by atoms with van der Waals surface area (Å²) in [6.07, 6.45) is 1.26. The van der Waals surface area contributed by atoms with Gasteiger partial charge in [0.25, 0.3) is 5.91 Å². The smallest absolute Gasteiger partial charge is 0.283 e. The van der Waals surface area contributed by atoms with Gasteiger partial charge in [0, 0.05) is 13.2 Å². The number of amides is 1. The minimum Gasteiger partial charge on any atom is -0.503 e. The Morgan fingerprint density at radius 3 is 2.70 bits per heavy atom. The number of hydrogen-bond donors (Lipinski definition) is 2. The fraction of sp³-hybridized carbons (Fsp3) is 0.200. The van der Waals surface area contributed by atoms with Crippen molar-refractivity contribution < 1.29 is 24.2 Å². The standard InChI is InChI=1S/C15H14FN3O4/c1-17-12-6-9(4-5-11(12)16)7-19(23-3)14(21)10-8-18(2)15(22)13(10)20/h4-6,8,20,22H,7H2,2-3H3. The highest BCUT2D eigenvalue weighted by molar-refractivity contribution is 5.97. The number of carbonyl (C=O) groups is 1. The molecule has 0 bridgehead atoms. The average Bonchev–Trinajstić information content (AvgIpc) is 2.81. The summed E-state index contributed by atoms with van der Waals surface area (Å²) in [4.78, 5) is 20.4. The molecule has 23 heavy (non-hydrogen) atoms. The third kappa shape index (κ3) is 3.09. The van der Waals surface area contributed by atoms with Crippen LogP contribution in [0, 0.1) is 12.4 Å². The van der Waals surface area contributed by atoms with Gasteiger partial charge in [-0.25, -0.2) is 14.3 Å². The van der Waals surface area contributed by atoms with Crippen LogP contribution in [0.2, 0.25) is 0 Å². The Labute approximate surface area is 131 Å². The van der Waals surface area contributed by atoms with Gasteiger partial charge in [-0.05, 0) is 17.7 Å². The van der Waals surface area contributed by atoms with Gasteiger partial charge in [-0.1, -0.05) is 6.07 Å². The van der Waals surface area contributed by atoms with E-state index in [2.05, 4.69) is 4.85 Å². The minimum absolute atomic E-state index is 0.0623. The molecule has 0 radical (unpaired) electrons. The summed E-state index contributed by atoms with van der Waals surface area (Å²) in [6.45, 7) is 6.83. The van der Waals surface area contributed by atoms with E-state index in [0.29, 0.717) is 5.56 Å². The number of hydrogen-bond acceptors (Lipinski definition) is 4. The number of halogens is 1. The number of aryl methyl sites for hydroxylation is 1. The normalized spacial score (nSPS) is 10.3. The summed E-state index contributed by atoms with van der Waals surface area (Å²) in [5.41, 5.74) is 0.179. The van der Waals surface area contributed by atoms with Gasteiger partial charge >= 0.3 is 0 Å². The maximum absolute atomic E-state index is 13.3. The Hall–Kier alpha value is -3.05. The first-order chi connectivity index (χ1) is 10.9. The molecule has 1 aromatic carbocycles. The van der Waals surface area contributed by atoms with Gasteiger partial charge in [-0.3, -0.25) is 9.63 Å². The van der Waals surface area contributed by atoms with Crippen molar-refractivity contribution in [1.82, 2.24) is 9.63 Å². The summed E-state index contributed by atoms with van der Waals surface area (Å²) < 4.78 is 14.5. The van der Waals surface area contributed by atoms with Crippen molar-refractivity contribution in [2.75, 3.05) is 7.11 Å². The molecule has 0 fully saturated rings. The summed E-state index contributed by atoms with van der Waals surface area (Å²) in [6, 6.07) is 3.86. The predicted molar refractivity (Wildman–Crippen MR) is 78.3 cm³/mol. The molecule has 2 rings (SSSR count). The largest absolute Gasteiger partial charge is 0.503 e. The molecule has 0 aliphatic heterocycles. The second-order valence-corrected chi connectivity index (χ2v) is 4.75. The minimum atomic E-state index is -0.686. The third-order valence-corrected chi connectivity index (χ3v) is 3.26. The van der Waals surface area contributed by atoms with Crippen LogP contribution in [0.25, 0.3) is 4.85 Å². The van der Waals surface area contributed by atoms with Crippen molar-refractivity contribution >= 4 is 11.6 Å². The molecule has 1 amide bonds. The number of rotatable bonds is 4. The summed E-state index contributed by atoms with van der Waals surface area (Å²) in [7, 11) is 2.72. The number of carbonyl (C=O) groups excluding carboxylic acids is 1. The molecule has 0 saturated carbocycles. The molecule has 1 heterocycles. The molecule has 0 aliphatic rings. The molecule has 2 N–H and O–H groups in total. The molecule has 0 spiro atoms. The molecule has 2 aromatic rings. The molecular weight excluding hydrogens is 305 g/mol. The molecule has 120 valence electrons. The molecule has 0 aliphatic carbocycles. The Morgan fingerprint density at radius 1 is 1.48 bits per heavy atom. The van der Waals surface area contributed by atoms with Crippen LogP contribution >= 0.6 is 0 Å². The first kappa shape index (κ1) is 16.3. The van der Waals surface area contributed by atoms with Crippen molar-refractivity contribution in [2.24, 2.45) is 7.05 Å². The van der Waals surface area contributed by atoms with Crippen LogP contribution < -0.4 is 0 Å². The fourth-order valence-electron chi connectivity index (χ4n) is 2.02. The monoisotopic (exact) mass is 319 g/mol. The topological polar surface area (TPSA) is 79.3 Å². The van der Waals surface area contributed by atoms with Crippen LogP contribution in [0.4, 0.5) is 10.1 Å². The third-order valence-electron chi connectivity index (χ3n) is 3.26. The van der Waals surface area contributed by atoms with Gasteiger partial charge in [-0.2, -0.15) is 0 Å². The van der Waals surface area contributed by atoms with E-state index in [9.17, 15) is 19.4 Å². The Morgan fingerprint density at radius 2 is 2.17 bits per heavy atom. The number of hydroxylamine groups is 2. The van der Waals surface area contributed by atoms with Crippen molar-refractivity contribution in [3.05, 3.63) is 52.8 Å². The Kier molecular flexibility index (Phi) is 4.52. The van der Waals surface area contributed by atoms with Crippen molar-refractivity contribution in [2.45, 2.75) is 6.54 Å². The quantitative estimate of drug-likeness (QED) is 0.669. The van der Waals surface area contributed by atoms with Gasteiger partial charge < -0.3 is 14.8 Å². The van der Waals surface area contributed by atoms with E-state index >= 15 is 0 Å². The van der Waals surface area contributed by atoms with E-state index in [0.717, 1.165) is 11.1 Å². The first-order valence-electron chi connectivity index (χ1n) is 6.48. The average molecular weight is 319 g/mol. The van der Waals surface area contributed by atoms with Crippen LogP contribution in [-0.4, -0.2) is 32.9 Å².